The van der Waals surface area contributed by atoms with Crippen LogP contribution in [0.15, 0.2) is 28.7 Å². The van der Waals surface area contributed by atoms with Gasteiger partial charge in [-0.1, -0.05) is 46.3 Å². The van der Waals surface area contributed by atoms with Gasteiger partial charge in [-0.05, 0) is 12.3 Å². The predicted molar refractivity (Wildman–Crippen MR) is 69.2 cm³/mol. The van der Waals surface area contributed by atoms with E-state index in [9.17, 15) is 4.79 Å². The molecular weight excluding hydrogens is 280 g/mol. The van der Waals surface area contributed by atoms with E-state index in [1.807, 2.05) is 24.5 Å². The van der Waals surface area contributed by atoms with Crippen molar-refractivity contribution in [1.82, 2.24) is 0 Å². The minimum atomic E-state index is 0.0665. The SMILES string of the molecule is CSC(=S)CC(=O)c1ccccc1Br. The molecule has 1 aromatic rings. The van der Waals surface area contributed by atoms with Crippen molar-refractivity contribution < 1.29 is 4.79 Å². The van der Waals surface area contributed by atoms with E-state index in [-0.39, 0.29) is 5.78 Å². The summed E-state index contributed by atoms with van der Waals surface area (Å²) in [6.45, 7) is 0. The number of Topliss-reactive ketones (excluding diaryl/α,β-unsaturated/α-hetero) is 1. The molecule has 0 spiro atoms. The molecule has 0 aromatic heterocycles. The van der Waals surface area contributed by atoms with Crippen LogP contribution in [0.2, 0.25) is 0 Å². The maximum absolute atomic E-state index is 11.7. The van der Waals surface area contributed by atoms with Crippen molar-refractivity contribution in [3.05, 3.63) is 34.3 Å². The van der Waals surface area contributed by atoms with E-state index in [2.05, 4.69) is 15.9 Å². The molecule has 0 atom stereocenters. The second-order valence-corrected chi connectivity index (χ2v) is 5.16. The summed E-state index contributed by atoms with van der Waals surface area (Å²) in [6, 6.07) is 7.39. The third-order valence-electron chi connectivity index (χ3n) is 1.71. The molecule has 1 rings (SSSR count). The average molecular weight is 289 g/mol. The Labute approximate surface area is 101 Å². The van der Waals surface area contributed by atoms with Gasteiger partial charge >= 0.3 is 0 Å². The zero-order chi connectivity index (χ0) is 10.6. The molecule has 74 valence electrons. The zero-order valence-electron chi connectivity index (χ0n) is 7.62. The maximum Gasteiger partial charge on any atom is 0.169 e. The molecule has 0 aliphatic heterocycles. The number of hydrogen-bond acceptors (Lipinski definition) is 3. The Morgan fingerprint density at radius 3 is 2.71 bits per heavy atom. The molecule has 0 saturated heterocycles. The lowest BCUT2D eigenvalue weighted by Crippen LogP contribution is -2.04. The number of halogens is 1. The van der Waals surface area contributed by atoms with Gasteiger partial charge in [-0.15, -0.1) is 11.8 Å². The summed E-state index contributed by atoms with van der Waals surface area (Å²) in [7, 11) is 0. The van der Waals surface area contributed by atoms with Crippen molar-refractivity contribution in [2.45, 2.75) is 6.42 Å². The van der Waals surface area contributed by atoms with Crippen LogP contribution in [0, 0.1) is 0 Å². The Balaban J connectivity index is 2.80. The first-order valence-corrected chi connectivity index (χ1v) is 6.42. The molecule has 0 bridgehead atoms. The fourth-order valence-corrected chi connectivity index (χ4v) is 1.90. The van der Waals surface area contributed by atoms with Crippen LogP contribution in [-0.2, 0) is 0 Å². The summed E-state index contributed by atoms with van der Waals surface area (Å²) < 4.78 is 1.56. The van der Waals surface area contributed by atoms with Crippen LogP contribution in [-0.4, -0.2) is 16.2 Å². The fraction of sp³-hybridized carbons (Fsp3) is 0.200. The molecule has 0 fully saturated rings. The predicted octanol–water partition coefficient (Wildman–Crippen LogP) is 3.71. The molecule has 0 saturated carbocycles. The first-order chi connectivity index (χ1) is 6.65. The molecular formula is C10H9BrOS2. The number of carbonyl (C=O) groups is 1. The normalized spacial score (nSPS) is 9.86. The molecule has 14 heavy (non-hydrogen) atoms. The van der Waals surface area contributed by atoms with Gasteiger partial charge in [-0.2, -0.15) is 0 Å². The Morgan fingerprint density at radius 2 is 2.14 bits per heavy atom. The van der Waals surface area contributed by atoms with Crippen molar-refractivity contribution in [1.29, 1.82) is 0 Å². The molecule has 0 radical (unpaired) electrons. The number of benzene rings is 1. The van der Waals surface area contributed by atoms with Gasteiger partial charge in [0.2, 0.25) is 0 Å². The lowest BCUT2D eigenvalue weighted by Gasteiger charge is -2.02. The highest BCUT2D eigenvalue weighted by Crippen LogP contribution is 2.18. The third kappa shape index (κ3) is 3.19. The Kier molecular flexibility index (Phi) is 4.78. The first kappa shape index (κ1) is 11.9. The van der Waals surface area contributed by atoms with Crippen LogP contribution in [0.3, 0.4) is 0 Å². The van der Waals surface area contributed by atoms with Gasteiger partial charge in [0.05, 0.1) is 10.6 Å². The smallest absolute Gasteiger partial charge is 0.169 e. The first-order valence-electron chi connectivity index (χ1n) is 3.99. The topological polar surface area (TPSA) is 17.1 Å². The van der Waals surface area contributed by atoms with E-state index < -0.39 is 0 Å². The summed E-state index contributed by atoms with van der Waals surface area (Å²) in [5.74, 6) is 0.0665. The summed E-state index contributed by atoms with van der Waals surface area (Å²) >= 11 is 9.79. The fourth-order valence-electron chi connectivity index (χ4n) is 0.986. The summed E-state index contributed by atoms with van der Waals surface area (Å²) in [6.07, 6.45) is 2.22. The second kappa shape index (κ2) is 5.63. The van der Waals surface area contributed by atoms with Gasteiger partial charge in [0, 0.05) is 10.0 Å². The standard InChI is InChI=1S/C10H9BrOS2/c1-14-10(13)6-9(12)7-4-2-3-5-8(7)11/h2-5H,6H2,1H3. The van der Waals surface area contributed by atoms with E-state index in [1.165, 1.54) is 11.8 Å². The molecule has 1 aromatic carbocycles. The quantitative estimate of drug-likeness (QED) is 0.623. The summed E-state index contributed by atoms with van der Waals surface area (Å²) in [4.78, 5) is 11.7. The van der Waals surface area contributed by atoms with E-state index >= 15 is 0 Å². The second-order valence-electron chi connectivity index (χ2n) is 2.66. The number of thiocarbonyl (C=S) groups is 1. The Hall–Kier alpha value is -0.190. The van der Waals surface area contributed by atoms with Gasteiger partial charge in [0.1, 0.15) is 0 Å². The summed E-state index contributed by atoms with van der Waals surface area (Å²) in [5.41, 5.74) is 0.698. The van der Waals surface area contributed by atoms with Crippen LogP contribution in [0.25, 0.3) is 0 Å². The molecule has 0 N–H and O–H groups in total. The van der Waals surface area contributed by atoms with Crippen molar-refractivity contribution in [3.63, 3.8) is 0 Å². The average Bonchev–Trinajstić information content (AvgIpc) is 2.18. The minimum Gasteiger partial charge on any atom is -0.294 e. The molecule has 0 amide bonds. The lowest BCUT2D eigenvalue weighted by molar-refractivity contribution is 0.100. The van der Waals surface area contributed by atoms with E-state index in [0.717, 1.165) is 8.67 Å². The maximum atomic E-state index is 11.7. The third-order valence-corrected chi connectivity index (χ3v) is 3.64. The molecule has 1 nitrogen and oxygen atoms in total. The largest absolute Gasteiger partial charge is 0.294 e. The molecule has 4 heteroatoms. The number of rotatable bonds is 3. The van der Waals surface area contributed by atoms with Crippen LogP contribution < -0.4 is 0 Å². The monoisotopic (exact) mass is 288 g/mol. The highest BCUT2D eigenvalue weighted by atomic mass is 79.9. The van der Waals surface area contributed by atoms with E-state index in [1.54, 1.807) is 6.07 Å². The lowest BCUT2D eigenvalue weighted by atomic mass is 10.1. The van der Waals surface area contributed by atoms with Crippen LogP contribution in [0.5, 0.6) is 0 Å². The number of carbonyl (C=O) groups excluding carboxylic acids is 1. The highest BCUT2D eigenvalue weighted by Gasteiger charge is 2.10. The van der Waals surface area contributed by atoms with Gasteiger partial charge in [-0.3, -0.25) is 4.79 Å². The van der Waals surface area contributed by atoms with E-state index in [0.29, 0.717) is 12.0 Å². The Morgan fingerprint density at radius 1 is 1.50 bits per heavy atom. The molecule has 0 aliphatic carbocycles. The highest BCUT2D eigenvalue weighted by molar-refractivity contribution is 9.10. The Bertz CT molecular complexity index is 363. The van der Waals surface area contributed by atoms with Crippen LogP contribution in [0.4, 0.5) is 0 Å². The zero-order valence-corrected chi connectivity index (χ0v) is 10.8. The molecule has 0 unspecified atom stereocenters. The minimum absolute atomic E-state index is 0.0665. The van der Waals surface area contributed by atoms with Gasteiger partial charge in [-0.25, -0.2) is 0 Å². The van der Waals surface area contributed by atoms with Crippen molar-refractivity contribution in [2.75, 3.05) is 6.26 Å². The number of hydrogen-bond donors (Lipinski definition) is 0. The van der Waals surface area contributed by atoms with Crippen LogP contribution >= 0.6 is 39.9 Å². The number of ketones is 1. The van der Waals surface area contributed by atoms with Gasteiger partial charge in [0.25, 0.3) is 0 Å². The van der Waals surface area contributed by atoms with Gasteiger partial charge < -0.3 is 0 Å². The van der Waals surface area contributed by atoms with Crippen molar-refractivity contribution in [3.8, 4) is 0 Å². The number of thioether (sulfide) groups is 1. The van der Waals surface area contributed by atoms with Crippen LogP contribution in [0.1, 0.15) is 16.8 Å². The molecule has 0 heterocycles. The van der Waals surface area contributed by atoms with Crippen molar-refractivity contribution in [2.24, 2.45) is 0 Å². The molecule has 0 aliphatic rings. The van der Waals surface area contributed by atoms with Gasteiger partial charge in [0.15, 0.2) is 5.78 Å². The van der Waals surface area contributed by atoms with E-state index in [4.69, 9.17) is 12.2 Å². The van der Waals surface area contributed by atoms with Crippen molar-refractivity contribution >= 4 is 49.9 Å². The summed E-state index contributed by atoms with van der Waals surface area (Å²) in [5, 5.41) is 0.